The van der Waals surface area contributed by atoms with E-state index in [1.807, 2.05) is 44.2 Å². The van der Waals surface area contributed by atoms with Crippen molar-refractivity contribution < 1.29 is 9.53 Å². The Bertz CT molecular complexity index is 801. The van der Waals surface area contributed by atoms with Crippen LogP contribution in [0.2, 0.25) is 5.02 Å². The average molecular weight is 387 g/mol. The molecule has 1 aliphatic rings. The minimum absolute atomic E-state index is 0.0687. The van der Waals surface area contributed by atoms with Gasteiger partial charge < -0.3 is 15.0 Å². The second-order valence-corrected chi connectivity index (χ2v) is 7.56. The maximum Gasteiger partial charge on any atom is 0.227 e. The normalized spacial score (nSPS) is 14.1. The number of aryl methyl sites for hydroxylation is 2. The summed E-state index contributed by atoms with van der Waals surface area (Å²) in [5.74, 6) is 0.764. The van der Waals surface area contributed by atoms with Gasteiger partial charge in [0.05, 0.1) is 24.4 Å². The van der Waals surface area contributed by atoms with Crippen molar-refractivity contribution in [2.24, 2.45) is 0 Å². The molecular formula is C22H27ClN2O2. The largest absolute Gasteiger partial charge is 0.493 e. The number of hydrogen-bond acceptors (Lipinski definition) is 3. The van der Waals surface area contributed by atoms with E-state index in [0.717, 1.165) is 41.3 Å². The lowest BCUT2D eigenvalue weighted by Gasteiger charge is -2.30. The zero-order valence-corrected chi connectivity index (χ0v) is 16.8. The minimum Gasteiger partial charge on any atom is -0.493 e. The molecule has 0 radical (unpaired) electrons. The monoisotopic (exact) mass is 386 g/mol. The lowest BCUT2D eigenvalue weighted by atomic mass is 10.1. The number of benzene rings is 2. The Kier molecular flexibility index (Phi) is 6.62. The van der Waals surface area contributed by atoms with E-state index in [1.165, 1.54) is 19.3 Å². The summed E-state index contributed by atoms with van der Waals surface area (Å²) in [4.78, 5) is 14.8. The van der Waals surface area contributed by atoms with Crippen LogP contribution in [0.3, 0.4) is 0 Å². The highest BCUT2D eigenvalue weighted by Crippen LogP contribution is 2.31. The van der Waals surface area contributed by atoms with E-state index in [9.17, 15) is 4.79 Å². The summed E-state index contributed by atoms with van der Waals surface area (Å²) in [6.07, 6.45) is 3.92. The molecule has 0 saturated carbocycles. The van der Waals surface area contributed by atoms with Gasteiger partial charge in [-0.3, -0.25) is 4.79 Å². The third kappa shape index (κ3) is 5.39. The van der Waals surface area contributed by atoms with Gasteiger partial charge in [-0.15, -0.1) is 0 Å². The number of nitrogens with zero attached hydrogens (tertiary/aromatic N) is 1. The third-order valence-corrected chi connectivity index (χ3v) is 5.09. The Labute approximate surface area is 166 Å². The van der Waals surface area contributed by atoms with Crippen LogP contribution in [-0.4, -0.2) is 25.6 Å². The minimum atomic E-state index is -0.0687. The van der Waals surface area contributed by atoms with Crippen LogP contribution in [0, 0.1) is 13.8 Å². The summed E-state index contributed by atoms with van der Waals surface area (Å²) < 4.78 is 5.80. The number of amides is 1. The molecule has 27 heavy (non-hydrogen) atoms. The Balaban J connectivity index is 1.60. The van der Waals surface area contributed by atoms with Crippen molar-refractivity contribution in [1.29, 1.82) is 0 Å². The van der Waals surface area contributed by atoms with Crippen LogP contribution in [0.4, 0.5) is 11.4 Å². The smallest absolute Gasteiger partial charge is 0.227 e. The molecule has 1 N–H and O–H groups in total. The van der Waals surface area contributed by atoms with E-state index < -0.39 is 0 Å². The predicted molar refractivity (Wildman–Crippen MR) is 112 cm³/mol. The highest BCUT2D eigenvalue weighted by Gasteiger charge is 2.16. The number of carbonyl (C=O) groups excluding carboxylic acids is 1. The Hall–Kier alpha value is -2.20. The molecule has 1 heterocycles. The summed E-state index contributed by atoms with van der Waals surface area (Å²) in [5, 5.41) is 3.64. The fourth-order valence-corrected chi connectivity index (χ4v) is 3.52. The standard InChI is InChI=1S/C22H27ClN2O2/c1-16-6-7-17(2)21(14-16)27-13-10-22(26)24-19-15-18(23)8-9-20(19)25-11-4-3-5-12-25/h6-9,14-15H,3-5,10-13H2,1-2H3,(H,24,26). The van der Waals surface area contributed by atoms with Gasteiger partial charge in [-0.2, -0.15) is 0 Å². The first-order valence-corrected chi connectivity index (χ1v) is 9.95. The molecule has 0 atom stereocenters. The first kappa shape index (κ1) is 19.6. The average Bonchev–Trinajstić information content (AvgIpc) is 2.65. The van der Waals surface area contributed by atoms with Crippen LogP contribution < -0.4 is 15.0 Å². The molecule has 1 aliphatic heterocycles. The van der Waals surface area contributed by atoms with Crippen LogP contribution in [0.25, 0.3) is 0 Å². The zero-order valence-electron chi connectivity index (χ0n) is 16.1. The number of halogens is 1. The highest BCUT2D eigenvalue weighted by atomic mass is 35.5. The van der Waals surface area contributed by atoms with Gasteiger partial charge in [-0.05, 0) is 68.5 Å². The van der Waals surface area contributed by atoms with Crippen molar-refractivity contribution in [3.8, 4) is 5.75 Å². The van der Waals surface area contributed by atoms with Crippen molar-refractivity contribution in [3.63, 3.8) is 0 Å². The number of carbonyl (C=O) groups is 1. The summed E-state index contributed by atoms with van der Waals surface area (Å²) >= 11 is 6.16. The molecule has 1 amide bonds. The van der Waals surface area contributed by atoms with Crippen LogP contribution in [0.5, 0.6) is 5.75 Å². The highest BCUT2D eigenvalue weighted by molar-refractivity contribution is 6.31. The van der Waals surface area contributed by atoms with Crippen molar-refractivity contribution in [2.75, 3.05) is 29.9 Å². The fraction of sp³-hybridized carbons (Fsp3) is 0.409. The molecule has 0 bridgehead atoms. The summed E-state index contributed by atoms with van der Waals surface area (Å²) in [7, 11) is 0. The number of anilines is 2. The number of piperidine rings is 1. The van der Waals surface area contributed by atoms with Crippen LogP contribution in [0.1, 0.15) is 36.8 Å². The Morgan fingerprint density at radius 1 is 1.11 bits per heavy atom. The van der Waals surface area contributed by atoms with Gasteiger partial charge in [0.2, 0.25) is 5.91 Å². The SMILES string of the molecule is Cc1ccc(C)c(OCCC(=O)Nc2cc(Cl)ccc2N2CCCCC2)c1. The molecule has 5 heteroatoms. The maximum absolute atomic E-state index is 12.4. The van der Waals surface area contributed by atoms with Crippen LogP contribution >= 0.6 is 11.6 Å². The Morgan fingerprint density at radius 2 is 1.89 bits per heavy atom. The molecule has 2 aromatic carbocycles. The molecule has 144 valence electrons. The van der Waals surface area contributed by atoms with Crippen LogP contribution in [0.15, 0.2) is 36.4 Å². The molecule has 1 fully saturated rings. The van der Waals surface area contributed by atoms with Crippen LogP contribution in [-0.2, 0) is 4.79 Å². The lowest BCUT2D eigenvalue weighted by Crippen LogP contribution is -2.30. The van der Waals surface area contributed by atoms with Gasteiger partial charge in [-0.25, -0.2) is 0 Å². The molecule has 4 nitrogen and oxygen atoms in total. The van der Waals surface area contributed by atoms with Gasteiger partial charge in [-0.1, -0.05) is 23.7 Å². The molecular weight excluding hydrogens is 360 g/mol. The van der Waals surface area contributed by atoms with Gasteiger partial charge in [0.15, 0.2) is 0 Å². The number of hydrogen-bond donors (Lipinski definition) is 1. The molecule has 3 rings (SSSR count). The third-order valence-electron chi connectivity index (χ3n) is 4.86. The maximum atomic E-state index is 12.4. The molecule has 0 unspecified atom stereocenters. The number of ether oxygens (including phenoxy) is 1. The Morgan fingerprint density at radius 3 is 2.67 bits per heavy atom. The number of rotatable bonds is 6. The van der Waals surface area contributed by atoms with Crippen molar-refractivity contribution >= 4 is 28.9 Å². The number of nitrogens with one attached hydrogen (secondary N) is 1. The summed E-state index contributed by atoms with van der Waals surface area (Å²) in [5.41, 5.74) is 4.04. The second kappa shape index (κ2) is 9.14. The topological polar surface area (TPSA) is 41.6 Å². The van der Waals surface area contributed by atoms with E-state index in [0.29, 0.717) is 18.1 Å². The molecule has 2 aromatic rings. The quantitative estimate of drug-likeness (QED) is 0.727. The summed E-state index contributed by atoms with van der Waals surface area (Å²) in [6.45, 7) is 6.40. The van der Waals surface area contributed by atoms with Gasteiger partial charge in [0.25, 0.3) is 0 Å². The predicted octanol–water partition coefficient (Wildman–Crippen LogP) is 5.35. The lowest BCUT2D eigenvalue weighted by molar-refractivity contribution is -0.116. The van der Waals surface area contributed by atoms with E-state index in [4.69, 9.17) is 16.3 Å². The molecule has 0 aromatic heterocycles. The van der Waals surface area contributed by atoms with E-state index in [-0.39, 0.29) is 5.91 Å². The van der Waals surface area contributed by atoms with Gasteiger partial charge in [0, 0.05) is 18.1 Å². The zero-order chi connectivity index (χ0) is 19.2. The van der Waals surface area contributed by atoms with E-state index in [1.54, 1.807) is 0 Å². The molecule has 0 spiro atoms. The molecule has 1 saturated heterocycles. The van der Waals surface area contributed by atoms with Gasteiger partial charge in [0.1, 0.15) is 5.75 Å². The van der Waals surface area contributed by atoms with Crippen molar-refractivity contribution in [2.45, 2.75) is 39.5 Å². The van der Waals surface area contributed by atoms with Crippen molar-refractivity contribution in [1.82, 2.24) is 0 Å². The van der Waals surface area contributed by atoms with Crippen molar-refractivity contribution in [3.05, 3.63) is 52.5 Å². The molecule has 0 aliphatic carbocycles. The van der Waals surface area contributed by atoms with E-state index >= 15 is 0 Å². The first-order chi connectivity index (χ1) is 13.0. The first-order valence-electron chi connectivity index (χ1n) is 9.57. The fourth-order valence-electron chi connectivity index (χ4n) is 3.35. The van der Waals surface area contributed by atoms with Gasteiger partial charge >= 0.3 is 0 Å². The van der Waals surface area contributed by atoms with E-state index in [2.05, 4.69) is 16.3 Å². The second-order valence-electron chi connectivity index (χ2n) is 7.12. The summed E-state index contributed by atoms with van der Waals surface area (Å²) in [6, 6.07) is 11.8.